The molecule has 0 unspecified atom stereocenters. The summed E-state index contributed by atoms with van der Waals surface area (Å²) in [5.74, 6) is -0.474. The average Bonchev–Trinajstić information content (AvgIpc) is 2.63. The van der Waals surface area contributed by atoms with Crippen LogP contribution in [0, 0.1) is 0 Å². The predicted octanol–water partition coefficient (Wildman–Crippen LogP) is 1.28. The molecule has 0 aromatic carbocycles. The van der Waals surface area contributed by atoms with Crippen molar-refractivity contribution in [3.63, 3.8) is 0 Å². The first-order chi connectivity index (χ1) is 6.77. The Labute approximate surface area is 85.4 Å². The van der Waals surface area contributed by atoms with Crippen molar-refractivity contribution in [2.24, 2.45) is 0 Å². The zero-order chi connectivity index (χ0) is 10.4. The van der Waals surface area contributed by atoms with Crippen LogP contribution in [0.25, 0.3) is 0 Å². The van der Waals surface area contributed by atoms with Crippen molar-refractivity contribution in [2.45, 2.75) is 6.92 Å². The monoisotopic (exact) mass is 214 g/mol. The lowest BCUT2D eigenvalue weighted by molar-refractivity contribution is 0.0525. The molecule has 0 saturated heterocycles. The lowest BCUT2D eigenvalue weighted by atomic mass is 10.7. The molecule has 1 aromatic rings. The molecule has 0 aliphatic carbocycles. The van der Waals surface area contributed by atoms with Gasteiger partial charge in [0.2, 0.25) is 5.01 Å². The quantitative estimate of drug-likeness (QED) is 0.545. The largest absolute Gasteiger partial charge is 0.465 e. The van der Waals surface area contributed by atoms with Gasteiger partial charge >= 0.3 is 5.97 Å². The van der Waals surface area contributed by atoms with Gasteiger partial charge in [0.15, 0.2) is 0 Å². The summed E-state index contributed by atoms with van der Waals surface area (Å²) in [6.45, 7) is 5.88. The molecule has 0 atom stereocenters. The van der Waals surface area contributed by atoms with Gasteiger partial charge in [-0.15, -0.1) is 5.10 Å². The number of hydrogen-bond acceptors (Lipinski definition) is 6. The standard InChI is InChI=1S/C8H10N2O3S/c1-3-5-13-8-10-9-6(14-8)7(11)12-4-2/h3H,1,4-5H2,2H3. The van der Waals surface area contributed by atoms with Gasteiger partial charge in [0.25, 0.3) is 5.19 Å². The van der Waals surface area contributed by atoms with Crippen molar-refractivity contribution < 1.29 is 14.3 Å². The first-order valence-electron chi connectivity index (χ1n) is 4.02. The summed E-state index contributed by atoms with van der Waals surface area (Å²) in [7, 11) is 0. The van der Waals surface area contributed by atoms with E-state index in [4.69, 9.17) is 9.47 Å². The lowest BCUT2D eigenvalue weighted by Gasteiger charge is -1.95. The smallest absolute Gasteiger partial charge is 0.369 e. The zero-order valence-electron chi connectivity index (χ0n) is 7.73. The Kier molecular flexibility index (Phi) is 4.06. The molecule has 6 heteroatoms. The number of carbonyl (C=O) groups excluding carboxylic acids is 1. The van der Waals surface area contributed by atoms with E-state index in [-0.39, 0.29) is 5.01 Å². The van der Waals surface area contributed by atoms with Gasteiger partial charge in [0, 0.05) is 0 Å². The van der Waals surface area contributed by atoms with Gasteiger partial charge in [0.1, 0.15) is 6.61 Å². The molecule has 1 aromatic heterocycles. The Hall–Kier alpha value is -1.43. The van der Waals surface area contributed by atoms with Gasteiger partial charge in [0.05, 0.1) is 6.61 Å². The van der Waals surface area contributed by atoms with Crippen molar-refractivity contribution in [3.05, 3.63) is 17.7 Å². The molecular formula is C8H10N2O3S. The molecule has 14 heavy (non-hydrogen) atoms. The summed E-state index contributed by atoms with van der Waals surface area (Å²) in [5, 5.41) is 7.82. The van der Waals surface area contributed by atoms with Gasteiger partial charge < -0.3 is 9.47 Å². The molecule has 1 heterocycles. The summed E-state index contributed by atoms with van der Waals surface area (Å²) >= 11 is 1.05. The summed E-state index contributed by atoms with van der Waals surface area (Å²) in [6.07, 6.45) is 1.59. The first kappa shape index (κ1) is 10.6. The molecule has 0 spiro atoms. The minimum absolute atomic E-state index is 0.200. The summed E-state index contributed by atoms with van der Waals surface area (Å²) in [4.78, 5) is 11.1. The zero-order valence-corrected chi connectivity index (χ0v) is 8.54. The Morgan fingerprint density at radius 2 is 2.43 bits per heavy atom. The third kappa shape index (κ3) is 2.81. The van der Waals surface area contributed by atoms with Crippen LogP contribution in [-0.4, -0.2) is 29.4 Å². The number of carbonyl (C=O) groups is 1. The Morgan fingerprint density at radius 1 is 1.64 bits per heavy atom. The van der Waals surface area contributed by atoms with E-state index < -0.39 is 5.97 Å². The highest BCUT2D eigenvalue weighted by Crippen LogP contribution is 2.18. The molecule has 5 nitrogen and oxygen atoms in total. The number of nitrogens with zero attached hydrogens (tertiary/aromatic N) is 2. The van der Waals surface area contributed by atoms with Crippen molar-refractivity contribution in [1.29, 1.82) is 0 Å². The van der Waals surface area contributed by atoms with Crippen LogP contribution in [0.2, 0.25) is 0 Å². The number of hydrogen-bond donors (Lipinski definition) is 0. The third-order valence-electron chi connectivity index (χ3n) is 1.18. The SMILES string of the molecule is C=CCOc1nnc(C(=O)OCC)s1. The molecule has 0 amide bonds. The average molecular weight is 214 g/mol. The highest BCUT2D eigenvalue weighted by molar-refractivity contribution is 7.14. The van der Waals surface area contributed by atoms with Crippen molar-refractivity contribution in [3.8, 4) is 5.19 Å². The number of esters is 1. The topological polar surface area (TPSA) is 61.3 Å². The molecule has 0 bridgehead atoms. The molecule has 76 valence electrons. The lowest BCUT2D eigenvalue weighted by Crippen LogP contribution is -2.03. The Bertz CT molecular complexity index is 324. The maximum Gasteiger partial charge on any atom is 0.369 e. The van der Waals surface area contributed by atoms with E-state index in [1.165, 1.54) is 0 Å². The van der Waals surface area contributed by atoms with Crippen LogP contribution in [0.15, 0.2) is 12.7 Å². The number of ether oxygens (including phenoxy) is 2. The van der Waals surface area contributed by atoms with Crippen LogP contribution < -0.4 is 4.74 Å². The van der Waals surface area contributed by atoms with Gasteiger partial charge in [-0.25, -0.2) is 4.79 Å². The highest BCUT2D eigenvalue weighted by atomic mass is 32.1. The minimum Gasteiger partial charge on any atom is -0.465 e. The van der Waals surface area contributed by atoms with E-state index in [0.717, 1.165) is 11.3 Å². The maximum absolute atomic E-state index is 11.1. The van der Waals surface area contributed by atoms with Crippen molar-refractivity contribution >= 4 is 17.3 Å². The van der Waals surface area contributed by atoms with Crippen LogP contribution in [-0.2, 0) is 4.74 Å². The molecule has 0 fully saturated rings. The molecule has 0 N–H and O–H groups in total. The third-order valence-corrected chi connectivity index (χ3v) is 2.00. The van der Waals surface area contributed by atoms with E-state index in [1.54, 1.807) is 13.0 Å². The Balaban J connectivity index is 2.58. The molecule has 0 saturated carbocycles. The van der Waals surface area contributed by atoms with Crippen LogP contribution in [0.3, 0.4) is 0 Å². The molecule has 0 aliphatic heterocycles. The Morgan fingerprint density at radius 3 is 3.07 bits per heavy atom. The van der Waals surface area contributed by atoms with E-state index in [1.807, 2.05) is 0 Å². The second-order valence-corrected chi connectivity index (χ2v) is 3.13. The van der Waals surface area contributed by atoms with Crippen molar-refractivity contribution in [1.82, 2.24) is 10.2 Å². The van der Waals surface area contributed by atoms with Gasteiger partial charge in [-0.2, -0.15) is 0 Å². The van der Waals surface area contributed by atoms with E-state index in [0.29, 0.717) is 18.4 Å². The van der Waals surface area contributed by atoms with Crippen LogP contribution in [0.5, 0.6) is 5.19 Å². The number of rotatable bonds is 5. The minimum atomic E-state index is -0.474. The summed E-state index contributed by atoms with van der Waals surface area (Å²) in [5.41, 5.74) is 0. The van der Waals surface area contributed by atoms with E-state index >= 15 is 0 Å². The summed E-state index contributed by atoms with van der Waals surface area (Å²) in [6, 6.07) is 0. The van der Waals surface area contributed by atoms with Crippen LogP contribution >= 0.6 is 11.3 Å². The number of aromatic nitrogens is 2. The first-order valence-corrected chi connectivity index (χ1v) is 4.84. The predicted molar refractivity (Wildman–Crippen MR) is 51.6 cm³/mol. The fourth-order valence-electron chi connectivity index (χ4n) is 0.674. The molecular weight excluding hydrogens is 204 g/mol. The molecule has 1 rings (SSSR count). The summed E-state index contributed by atoms with van der Waals surface area (Å²) < 4.78 is 9.82. The fourth-order valence-corrected chi connectivity index (χ4v) is 1.27. The maximum atomic E-state index is 11.1. The van der Waals surface area contributed by atoms with Gasteiger partial charge in [-0.1, -0.05) is 17.8 Å². The fraction of sp³-hybridized carbons (Fsp3) is 0.375. The van der Waals surface area contributed by atoms with E-state index in [9.17, 15) is 4.79 Å². The van der Waals surface area contributed by atoms with Crippen LogP contribution in [0.1, 0.15) is 16.7 Å². The molecule has 0 radical (unpaired) electrons. The second kappa shape index (κ2) is 5.33. The van der Waals surface area contributed by atoms with Crippen molar-refractivity contribution in [2.75, 3.05) is 13.2 Å². The highest BCUT2D eigenvalue weighted by Gasteiger charge is 2.13. The second-order valence-electron chi connectivity index (χ2n) is 2.19. The molecule has 0 aliphatic rings. The van der Waals surface area contributed by atoms with E-state index in [2.05, 4.69) is 16.8 Å². The van der Waals surface area contributed by atoms with Crippen LogP contribution in [0.4, 0.5) is 0 Å². The van der Waals surface area contributed by atoms with Gasteiger partial charge in [-0.05, 0) is 18.3 Å². The normalized spacial score (nSPS) is 9.50. The van der Waals surface area contributed by atoms with Gasteiger partial charge in [-0.3, -0.25) is 0 Å².